The molecule has 2 aromatic heterocycles. The lowest BCUT2D eigenvalue weighted by atomic mass is 10.2. The maximum Gasteiger partial charge on any atom is 0.348 e. The fourth-order valence-electron chi connectivity index (χ4n) is 2.50. The Morgan fingerprint density at radius 1 is 1.16 bits per heavy atom. The third-order valence-electron chi connectivity index (χ3n) is 3.68. The van der Waals surface area contributed by atoms with Crippen molar-refractivity contribution in [2.45, 2.75) is 27.7 Å². The van der Waals surface area contributed by atoms with Crippen LogP contribution in [-0.2, 0) is 4.74 Å². The number of nitrogens with one attached hydrogen (secondary N) is 1. The van der Waals surface area contributed by atoms with Gasteiger partial charge in [-0.15, -0.1) is 23.7 Å². The summed E-state index contributed by atoms with van der Waals surface area (Å²) >= 11 is 1.35. The van der Waals surface area contributed by atoms with Gasteiger partial charge in [-0.3, -0.25) is 0 Å². The number of anilines is 2. The molecule has 0 radical (unpaired) electrons. The van der Waals surface area contributed by atoms with Crippen molar-refractivity contribution in [2.24, 2.45) is 0 Å². The largest absolute Gasteiger partial charge is 0.462 e. The van der Waals surface area contributed by atoms with E-state index in [2.05, 4.69) is 15.3 Å². The molecule has 0 spiro atoms. The molecule has 7 heteroatoms. The monoisotopic (exact) mass is 377 g/mol. The van der Waals surface area contributed by atoms with E-state index in [0.717, 1.165) is 21.5 Å². The van der Waals surface area contributed by atoms with Crippen molar-refractivity contribution in [3.05, 3.63) is 46.1 Å². The molecule has 0 saturated heterocycles. The lowest BCUT2D eigenvalue weighted by Crippen LogP contribution is -2.03. The Morgan fingerprint density at radius 2 is 1.84 bits per heavy atom. The molecule has 1 N–H and O–H groups in total. The second-order valence-electron chi connectivity index (χ2n) is 5.57. The third-order valence-corrected chi connectivity index (χ3v) is 4.84. The molecule has 1 aromatic carbocycles. The van der Waals surface area contributed by atoms with Gasteiger partial charge in [-0.25, -0.2) is 14.8 Å². The minimum absolute atomic E-state index is 0. The first-order valence-corrected chi connectivity index (χ1v) is 8.59. The fraction of sp³-hybridized carbons (Fsp3) is 0.278. The Labute approximate surface area is 156 Å². The molecular formula is C18H20ClN3O2S. The highest BCUT2D eigenvalue weighted by molar-refractivity contribution is 7.20. The summed E-state index contributed by atoms with van der Waals surface area (Å²) in [5.74, 6) is 1.07. The number of aryl methyl sites for hydroxylation is 3. The first kappa shape index (κ1) is 19.1. The Kier molecular flexibility index (Phi) is 5.98. The van der Waals surface area contributed by atoms with Crippen molar-refractivity contribution < 1.29 is 9.53 Å². The molecule has 5 nitrogen and oxygen atoms in total. The van der Waals surface area contributed by atoms with Gasteiger partial charge in [-0.2, -0.15) is 0 Å². The molecule has 2 heterocycles. The number of ether oxygens (including phenoxy) is 1. The van der Waals surface area contributed by atoms with Crippen LogP contribution < -0.4 is 5.32 Å². The minimum Gasteiger partial charge on any atom is -0.462 e. The molecule has 3 rings (SSSR count). The zero-order chi connectivity index (χ0) is 17.3. The molecule has 0 atom stereocenters. The van der Waals surface area contributed by atoms with Crippen LogP contribution in [0.1, 0.15) is 33.5 Å². The van der Waals surface area contributed by atoms with E-state index in [-0.39, 0.29) is 18.4 Å². The number of nitrogens with zero attached hydrogens (tertiary/aromatic N) is 2. The highest BCUT2D eigenvalue weighted by Crippen LogP contribution is 2.35. The molecule has 0 saturated carbocycles. The van der Waals surface area contributed by atoms with E-state index in [0.29, 0.717) is 23.1 Å². The molecular weight excluding hydrogens is 358 g/mol. The first-order valence-electron chi connectivity index (χ1n) is 7.78. The summed E-state index contributed by atoms with van der Waals surface area (Å²) in [5, 5.41) is 4.21. The predicted molar refractivity (Wildman–Crippen MR) is 105 cm³/mol. The number of aromatic nitrogens is 2. The summed E-state index contributed by atoms with van der Waals surface area (Å²) in [7, 11) is 0. The topological polar surface area (TPSA) is 64.1 Å². The highest BCUT2D eigenvalue weighted by atomic mass is 35.5. The Balaban J connectivity index is 0.00000225. The van der Waals surface area contributed by atoms with Crippen molar-refractivity contribution in [1.82, 2.24) is 9.97 Å². The number of rotatable bonds is 4. The van der Waals surface area contributed by atoms with Crippen LogP contribution in [0, 0.1) is 20.8 Å². The minimum atomic E-state index is -0.308. The fourth-order valence-corrected chi connectivity index (χ4v) is 3.62. The quantitative estimate of drug-likeness (QED) is 0.651. The van der Waals surface area contributed by atoms with Crippen molar-refractivity contribution >= 4 is 51.4 Å². The number of halogens is 1. The van der Waals surface area contributed by atoms with Crippen molar-refractivity contribution in [1.29, 1.82) is 0 Å². The van der Waals surface area contributed by atoms with Crippen LogP contribution in [0.2, 0.25) is 0 Å². The number of fused-ring (bicyclic) bond motifs is 1. The third kappa shape index (κ3) is 3.91. The van der Waals surface area contributed by atoms with Crippen LogP contribution in [0.25, 0.3) is 10.2 Å². The van der Waals surface area contributed by atoms with Crippen molar-refractivity contribution in [3.8, 4) is 0 Å². The van der Waals surface area contributed by atoms with Gasteiger partial charge in [0.15, 0.2) is 0 Å². The van der Waals surface area contributed by atoms with Gasteiger partial charge >= 0.3 is 5.97 Å². The molecule has 0 unspecified atom stereocenters. The van der Waals surface area contributed by atoms with Crippen LogP contribution in [0.3, 0.4) is 0 Å². The van der Waals surface area contributed by atoms with Crippen LogP contribution in [0.15, 0.2) is 24.3 Å². The van der Waals surface area contributed by atoms with Gasteiger partial charge in [0, 0.05) is 5.69 Å². The molecule has 0 fully saturated rings. The molecule has 0 aliphatic carbocycles. The maximum atomic E-state index is 12.1. The lowest BCUT2D eigenvalue weighted by molar-refractivity contribution is 0.0531. The summed E-state index contributed by atoms with van der Waals surface area (Å²) in [5.41, 5.74) is 2.99. The van der Waals surface area contributed by atoms with E-state index in [1.165, 1.54) is 16.9 Å². The first-order chi connectivity index (χ1) is 11.5. The summed E-state index contributed by atoms with van der Waals surface area (Å²) in [6, 6.07) is 8.09. The van der Waals surface area contributed by atoms with E-state index in [1.54, 1.807) is 6.92 Å². The van der Waals surface area contributed by atoms with Gasteiger partial charge in [-0.1, -0.05) is 17.7 Å². The van der Waals surface area contributed by atoms with Gasteiger partial charge in [0.1, 0.15) is 21.3 Å². The Hall–Kier alpha value is -2.18. The molecule has 0 aliphatic rings. The molecule has 25 heavy (non-hydrogen) atoms. The lowest BCUT2D eigenvalue weighted by Gasteiger charge is -2.09. The maximum absolute atomic E-state index is 12.1. The summed E-state index contributed by atoms with van der Waals surface area (Å²) in [6.07, 6.45) is 0. The standard InChI is InChI=1S/C18H19N3O2S.ClH/c1-5-23-18(22)15-11(3)14-16(19-12(4)20-17(14)24-15)21-13-8-6-10(2)7-9-13;/h6-9H,5H2,1-4H3,(H,19,20,21);1H. The number of carbonyl (C=O) groups is 1. The van der Waals surface area contributed by atoms with Gasteiger partial charge in [0.2, 0.25) is 0 Å². The smallest absolute Gasteiger partial charge is 0.348 e. The number of thiophene rings is 1. The summed E-state index contributed by atoms with van der Waals surface area (Å²) in [6.45, 7) is 7.95. The van der Waals surface area contributed by atoms with Gasteiger partial charge < -0.3 is 10.1 Å². The van der Waals surface area contributed by atoms with Gasteiger partial charge in [0.05, 0.1) is 12.0 Å². The highest BCUT2D eigenvalue weighted by Gasteiger charge is 2.21. The van der Waals surface area contributed by atoms with E-state index in [1.807, 2.05) is 45.0 Å². The zero-order valence-electron chi connectivity index (χ0n) is 14.5. The van der Waals surface area contributed by atoms with Crippen molar-refractivity contribution in [2.75, 3.05) is 11.9 Å². The number of hydrogen-bond donors (Lipinski definition) is 1. The second kappa shape index (κ2) is 7.80. The molecule has 0 aliphatic heterocycles. The number of esters is 1. The van der Waals surface area contributed by atoms with Gasteiger partial charge in [0.25, 0.3) is 0 Å². The molecule has 3 aromatic rings. The van der Waals surface area contributed by atoms with Gasteiger partial charge in [-0.05, 0) is 45.4 Å². The Morgan fingerprint density at radius 3 is 2.48 bits per heavy atom. The van der Waals surface area contributed by atoms with Crippen LogP contribution in [0.4, 0.5) is 11.5 Å². The van der Waals surface area contributed by atoms with E-state index >= 15 is 0 Å². The number of carbonyl (C=O) groups excluding carboxylic acids is 1. The zero-order valence-corrected chi connectivity index (χ0v) is 16.2. The average molecular weight is 378 g/mol. The molecule has 132 valence electrons. The van der Waals surface area contributed by atoms with Crippen molar-refractivity contribution in [3.63, 3.8) is 0 Å². The van der Waals surface area contributed by atoms with Crippen LogP contribution in [-0.4, -0.2) is 22.5 Å². The second-order valence-corrected chi connectivity index (χ2v) is 6.57. The number of hydrogen-bond acceptors (Lipinski definition) is 6. The van der Waals surface area contributed by atoms with Crippen LogP contribution >= 0.6 is 23.7 Å². The Bertz CT molecular complexity index is 907. The summed E-state index contributed by atoms with van der Waals surface area (Å²) in [4.78, 5) is 22.5. The van der Waals surface area contributed by atoms with E-state index in [4.69, 9.17) is 4.74 Å². The molecule has 0 amide bonds. The number of benzene rings is 1. The summed E-state index contributed by atoms with van der Waals surface area (Å²) < 4.78 is 5.14. The van der Waals surface area contributed by atoms with Crippen LogP contribution in [0.5, 0.6) is 0 Å². The van der Waals surface area contributed by atoms with E-state index < -0.39 is 0 Å². The predicted octanol–water partition coefficient (Wildman–Crippen LogP) is 4.96. The van der Waals surface area contributed by atoms with E-state index in [9.17, 15) is 4.79 Å². The average Bonchev–Trinajstić information content (AvgIpc) is 2.86. The molecule has 0 bridgehead atoms. The SMILES string of the molecule is CCOC(=O)c1sc2nc(C)nc(Nc3ccc(C)cc3)c2c1C.Cl. The normalized spacial score (nSPS) is 10.4.